The molecule has 0 spiro atoms. The molecule has 0 saturated carbocycles. The van der Waals surface area contributed by atoms with Gasteiger partial charge in [-0.3, -0.25) is 0 Å². The van der Waals surface area contributed by atoms with Crippen molar-refractivity contribution in [3.8, 4) is 0 Å². The van der Waals surface area contributed by atoms with Crippen LogP contribution in [0.5, 0.6) is 0 Å². The maximum atomic E-state index is 13.5. The molecule has 1 unspecified atom stereocenters. The van der Waals surface area contributed by atoms with Crippen LogP contribution in [0.15, 0.2) is 17.7 Å². The predicted molar refractivity (Wildman–Crippen MR) is 64.5 cm³/mol. The SMILES string of the molecule is Cc1cc2c(cc1F)C(C)C(C(C)C)=C2.[HH]. The first-order valence-corrected chi connectivity index (χ1v) is 5.52. The van der Waals surface area contributed by atoms with E-state index in [0.29, 0.717) is 11.8 Å². The third-order valence-electron chi connectivity index (χ3n) is 3.32. The molecule has 0 N–H and O–H groups in total. The van der Waals surface area contributed by atoms with Gasteiger partial charge in [0.2, 0.25) is 0 Å². The van der Waals surface area contributed by atoms with Crippen molar-refractivity contribution >= 4 is 6.08 Å². The van der Waals surface area contributed by atoms with Gasteiger partial charge in [0.15, 0.2) is 0 Å². The molecule has 0 heterocycles. The normalized spacial score (nSPS) is 19.3. The summed E-state index contributed by atoms with van der Waals surface area (Å²) in [6.07, 6.45) is 2.22. The Kier molecular flexibility index (Phi) is 2.41. The van der Waals surface area contributed by atoms with E-state index in [2.05, 4.69) is 26.8 Å². The lowest BCUT2D eigenvalue weighted by Crippen LogP contribution is -2.00. The standard InChI is InChI=1S/C14H17F.H2/c1-8(2)12-6-11-5-9(3)14(15)7-13(11)10(12)4;/h5-8,10H,1-4H3;1H. The van der Waals surface area contributed by atoms with Gasteiger partial charge in [-0.2, -0.15) is 0 Å². The maximum absolute atomic E-state index is 13.5. The van der Waals surface area contributed by atoms with Gasteiger partial charge >= 0.3 is 0 Å². The lowest BCUT2D eigenvalue weighted by molar-refractivity contribution is 0.613. The number of fused-ring (bicyclic) bond motifs is 1. The Morgan fingerprint density at radius 1 is 1.33 bits per heavy atom. The van der Waals surface area contributed by atoms with Crippen LogP contribution in [0.2, 0.25) is 0 Å². The van der Waals surface area contributed by atoms with Crippen molar-refractivity contribution in [2.75, 3.05) is 0 Å². The van der Waals surface area contributed by atoms with Crippen LogP contribution in [-0.4, -0.2) is 0 Å². The van der Waals surface area contributed by atoms with Crippen molar-refractivity contribution in [2.45, 2.75) is 33.6 Å². The van der Waals surface area contributed by atoms with E-state index in [9.17, 15) is 4.39 Å². The molecular formula is C14H19F. The molecule has 0 amide bonds. The highest BCUT2D eigenvalue weighted by atomic mass is 19.1. The van der Waals surface area contributed by atoms with Gasteiger partial charge in [0, 0.05) is 7.34 Å². The zero-order valence-electron chi connectivity index (χ0n) is 9.76. The van der Waals surface area contributed by atoms with Gasteiger partial charge in [-0.05, 0) is 41.7 Å². The van der Waals surface area contributed by atoms with Gasteiger partial charge in [-0.25, -0.2) is 4.39 Å². The monoisotopic (exact) mass is 206 g/mol. The summed E-state index contributed by atoms with van der Waals surface area (Å²) in [5.41, 5.74) is 4.49. The van der Waals surface area contributed by atoms with E-state index in [1.54, 1.807) is 6.07 Å². The van der Waals surface area contributed by atoms with Gasteiger partial charge in [-0.1, -0.05) is 32.4 Å². The highest BCUT2D eigenvalue weighted by Gasteiger charge is 2.23. The number of benzene rings is 1. The molecule has 0 radical (unpaired) electrons. The van der Waals surface area contributed by atoms with Crippen LogP contribution in [0.3, 0.4) is 0 Å². The summed E-state index contributed by atoms with van der Waals surface area (Å²) in [7, 11) is 0. The van der Waals surface area contributed by atoms with Crippen LogP contribution in [0, 0.1) is 18.7 Å². The van der Waals surface area contributed by atoms with Crippen molar-refractivity contribution in [3.63, 3.8) is 0 Å². The molecule has 0 nitrogen and oxygen atoms in total. The fourth-order valence-corrected chi connectivity index (χ4v) is 2.37. The molecule has 0 fully saturated rings. The summed E-state index contributed by atoms with van der Waals surface area (Å²) >= 11 is 0. The van der Waals surface area contributed by atoms with Crippen LogP contribution in [0.1, 0.15) is 44.8 Å². The molecule has 1 atom stereocenters. The summed E-state index contributed by atoms with van der Waals surface area (Å²) in [4.78, 5) is 0. The van der Waals surface area contributed by atoms with E-state index < -0.39 is 0 Å². The Balaban J connectivity index is 0.00000128. The van der Waals surface area contributed by atoms with Gasteiger partial charge in [-0.15, -0.1) is 0 Å². The topological polar surface area (TPSA) is 0 Å². The first kappa shape index (κ1) is 10.4. The summed E-state index contributed by atoms with van der Waals surface area (Å²) in [5.74, 6) is 0.824. The smallest absolute Gasteiger partial charge is 0.126 e. The highest BCUT2D eigenvalue weighted by molar-refractivity contribution is 5.67. The Labute approximate surface area is 92.3 Å². The predicted octanol–water partition coefficient (Wildman–Crippen LogP) is 4.54. The fourth-order valence-electron chi connectivity index (χ4n) is 2.37. The van der Waals surface area contributed by atoms with Crippen molar-refractivity contribution in [2.24, 2.45) is 5.92 Å². The molecule has 1 aromatic carbocycles. The maximum Gasteiger partial charge on any atom is 0.126 e. The van der Waals surface area contributed by atoms with Crippen molar-refractivity contribution in [1.29, 1.82) is 0 Å². The number of aryl methyl sites for hydroxylation is 1. The number of hydrogen-bond acceptors (Lipinski definition) is 0. The lowest BCUT2D eigenvalue weighted by atomic mass is 9.91. The molecule has 1 aliphatic rings. The van der Waals surface area contributed by atoms with E-state index >= 15 is 0 Å². The summed E-state index contributed by atoms with van der Waals surface area (Å²) in [5, 5.41) is 0. The average molecular weight is 206 g/mol. The van der Waals surface area contributed by atoms with Gasteiger partial charge < -0.3 is 0 Å². The molecule has 2 rings (SSSR count). The second-order valence-corrected chi connectivity index (χ2v) is 4.75. The van der Waals surface area contributed by atoms with E-state index in [1.807, 2.05) is 13.0 Å². The summed E-state index contributed by atoms with van der Waals surface area (Å²) in [6.45, 7) is 8.36. The molecule has 1 heteroatoms. The molecule has 0 aliphatic heterocycles. The van der Waals surface area contributed by atoms with Crippen molar-refractivity contribution in [3.05, 3.63) is 40.2 Å². The molecule has 0 bridgehead atoms. The summed E-state index contributed by atoms with van der Waals surface area (Å²) < 4.78 is 13.5. The van der Waals surface area contributed by atoms with Crippen molar-refractivity contribution < 1.29 is 5.82 Å². The molecule has 1 aromatic rings. The van der Waals surface area contributed by atoms with E-state index in [1.165, 1.54) is 11.1 Å². The van der Waals surface area contributed by atoms with E-state index in [4.69, 9.17) is 0 Å². The lowest BCUT2D eigenvalue weighted by Gasteiger charge is -2.14. The molecule has 1 aliphatic carbocycles. The molecule has 0 aromatic heterocycles. The minimum Gasteiger partial charge on any atom is -0.207 e. The Morgan fingerprint density at radius 2 is 2.00 bits per heavy atom. The van der Waals surface area contributed by atoms with E-state index in [-0.39, 0.29) is 7.24 Å². The Morgan fingerprint density at radius 3 is 2.60 bits per heavy atom. The quantitative estimate of drug-likeness (QED) is 0.633. The van der Waals surface area contributed by atoms with Gasteiger partial charge in [0.05, 0.1) is 0 Å². The first-order valence-electron chi connectivity index (χ1n) is 5.52. The Bertz CT molecular complexity index is 433. The van der Waals surface area contributed by atoms with Gasteiger partial charge in [0.25, 0.3) is 0 Å². The fraction of sp³-hybridized carbons (Fsp3) is 0.429. The zero-order chi connectivity index (χ0) is 11.2. The van der Waals surface area contributed by atoms with Crippen LogP contribution >= 0.6 is 0 Å². The average Bonchev–Trinajstić information content (AvgIpc) is 2.46. The Hall–Kier alpha value is -1.11. The third-order valence-corrected chi connectivity index (χ3v) is 3.32. The van der Waals surface area contributed by atoms with Crippen molar-refractivity contribution in [1.82, 2.24) is 0 Å². The summed E-state index contributed by atoms with van der Waals surface area (Å²) in [6, 6.07) is 3.65. The number of rotatable bonds is 1. The second-order valence-electron chi connectivity index (χ2n) is 4.75. The largest absolute Gasteiger partial charge is 0.207 e. The van der Waals surface area contributed by atoms with Crippen LogP contribution < -0.4 is 0 Å². The number of hydrogen-bond donors (Lipinski definition) is 0. The molecule has 15 heavy (non-hydrogen) atoms. The van der Waals surface area contributed by atoms with E-state index in [0.717, 1.165) is 11.1 Å². The minimum atomic E-state index is -0.0843. The minimum absolute atomic E-state index is 0. The van der Waals surface area contributed by atoms with Crippen LogP contribution in [0.4, 0.5) is 4.39 Å². The second kappa shape index (κ2) is 3.48. The number of allylic oxidation sites excluding steroid dienone is 1. The third kappa shape index (κ3) is 1.60. The number of halogens is 1. The molecule has 82 valence electrons. The van der Waals surface area contributed by atoms with Crippen LogP contribution in [0.25, 0.3) is 6.08 Å². The first-order chi connectivity index (χ1) is 7.00. The van der Waals surface area contributed by atoms with Gasteiger partial charge in [0.1, 0.15) is 5.82 Å². The molecule has 0 saturated heterocycles. The zero-order valence-corrected chi connectivity index (χ0v) is 9.76. The highest BCUT2D eigenvalue weighted by Crippen LogP contribution is 2.40. The van der Waals surface area contributed by atoms with Crippen LogP contribution in [-0.2, 0) is 0 Å². The molecular weight excluding hydrogens is 187 g/mol.